The minimum absolute atomic E-state index is 0.0671. The van der Waals surface area contributed by atoms with E-state index in [0.29, 0.717) is 41.0 Å². The summed E-state index contributed by atoms with van der Waals surface area (Å²) >= 11 is 7.48. The topological polar surface area (TPSA) is 75.7 Å². The van der Waals surface area contributed by atoms with Gasteiger partial charge in [-0.1, -0.05) is 48.5 Å². The van der Waals surface area contributed by atoms with E-state index in [-0.39, 0.29) is 17.2 Å². The maximum absolute atomic E-state index is 13.0. The van der Waals surface area contributed by atoms with Gasteiger partial charge >= 0.3 is 0 Å². The molecule has 0 spiro atoms. The molecular formula is C24H25ClN6O2S. The molecule has 0 atom stereocenters. The van der Waals surface area contributed by atoms with Crippen LogP contribution in [0.2, 0.25) is 5.02 Å². The van der Waals surface area contributed by atoms with Crippen LogP contribution in [-0.2, 0) is 11.3 Å². The van der Waals surface area contributed by atoms with Gasteiger partial charge < -0.3 is 9.80 Å². The lowest BCUT2D eigenvalue weighted by atomic mass is 10.2. The van der Waals surface area contributed by atoms with Crippen LogP contribution in [0.1, 0.15) is 13.3 Å². The first-order valence-electron chi connectivity index (χ1n) is 11.3. The number of nitrogens with zero attached hydrogens (tertiary/aromatic N) is 6. The zero-order valence-corrected chi connectivity index (χ0v) is 20.4. The molecule has 1 aliphatic rings. The zero-order chi connectivity index (χ0) is 23.7. The Kier molecular flexibility index (Phi) is 6.47. The predicted molar refractivity (Wildman–Crippen MR) is 136 cm³/mol. The average molecular weight is 497 g/mol. The van der Waals surface area contributed by atoms with Gasteiger partial charge in [0.15, 0.2) is 5.16 Å². The monoisotopic (exact) mass is 496 g/mol. The third-order valence-corrected chi connectivity index (χ3v) is 7.20. The largest absolute Gasteiger partial charge is 0.368 e. The lowest BCUT2D eigenvalue weighted by molar-refractivity contribution is -0.128. The van der Waals surface area contributed by atoms with Gasteiger partial charge in [-0.25, -0.2) is 0 Å². The van der Waals surface area contributed by atoms with Gasteiger partial charge in [-0.2, -0.15) is 0 Å². The van der Waals surface area contributed by atoms with Gasteiger partial charge in [-0.3, -0.25) is 18.6 Å². The molecule has 1 aliphatic heterocycles. The summed E-state index contributed by atoms with van der Waals surface area (Å²) in [4.78, 5) is 30.1. The second-order valence-corrected chi connectivity index (χ2v) is 9.61. The molecule has 2 aromatic carbocycles. The lowest BCUT2D eigenvalue weighted by Gasteiger charge is -2.36. The van der Waals surface area contributed by atoms with Crippen molar-refractivity contribution >= 4 is 51.6 Å². The number of fused-ring (bicyclic) bond motifs is 3. The Balaban J connectivity index is 1.32. The summed E-state index contributed by atoms with van der Waals surface area (Å²) in [5.41, 5.74) is 1.77. The van der Waals surface area contributed by atoms with Gasteiger partial charge in [-0.05, 0) is 36.8 Å². The van der Waals surface area contributed by atoms with E-state index in [4.69, 9.17) is 11.6 Å². The number of hydrogen-bond donors (Lipinski definition) is 0. The molecule has 34 heavy (non-hydrogen) atoms. The van der Waals surface area contributed by atoms with E-state index in [1.165, 1.54) is 11.8 Å². The van der Waals surface area contributed by atoms with E-state index in [9.17, 15) is 9.59 Å². The Morgan fingerprint density at radius 2 is 1.85 bits per heavy atom. The molecule has 1 amide bonds. The van der Waals surface area contributed by atoms with Gasteiger partial charge in [0.2, 0.25) is 11.7 Å². The van der Waals surface area contributed by atoms with Crippen molar-refractivity contribution in [3.8, 4) is 0 Å². The van der Waals surface area contributed by atoms with Crippen LogP contribution in [0, 0.1) is 0 Å². The highest BCUT2D eigenvalue weighted by Gasteiger charge is 2.23. The number of carbonyl (C=O) groups excluding carboxylic acids is 1. The normalized spacial score (nSPS) is 14.3. The fourth-order valence-electron chi connectivity index (χ4n) is 4.36. The van der Waals surface area contributed by atoms with Crippen LogP contribution in [0.4, 0.5) is 5.69 Å². The summed E-state index contributed by atoms with van der Waals surface area (Å²) in [7, 11) is 0. The Morgan fingerprint density at radius 3 is 2.62 bits per heavy atom. The molecular weight excluding hydrogens is 472 g/mol. The maximum Gasteiger partial charge on any atom is 0.262 e. The number of para-hydroxylation sites is 1. The SMILES string of the molecule is CCCn1c(=O)c2ccccc2n2c(SCC(=O)N3CCN(c4cccc(Cl)c4)CC3)nnc12. The van der Waals surface area contributed by atoms with Gasteiger partial charge in [-0.15, -0.1) is 10.2 Å². The van der Waals surface area contributed by atoms with E-state index in [2.05, 4.69) is 15.1 Å². The van der Waals surface area contributed by atoms with E-state index in [0.717, 1.165) is 30.7 Å². The van der Waals surface area contributed by atoms with Crippen molar-refractivity contribution in [1.29, 1.82) is 0 Å². The highest BCUT2D eigenvalue weighted by atomic mass is 35.5. The van der Waals surface area contributed by atoms with E-state index < -0.39 is 0 Å². The van der Waals surface area contributed by atoms with E-state index in [1.807, 2.05) is 64.8 Å². The van der Waals surface area contributed by atoms with Crippen molar-refractivity contribution in [3.05, 3.63) is 63.9 Å². The number of carbonyl (C=O) groups is 1. The molecule has 0 aliphatic carbocycles. The van der Waals surface area contributed by atoms with Crippen molar-refractivity contribution in [2.24, 2.45) is 0 Å². The van der Waals surface area contributed by atoms with Crippen LogP contribution in [-0.4, -0.2) is 61.9 Å². The highest BCUT2D eigenvalue weighted by Crippen LogP contribution is 2.24. The molecule has 0 unspecified atom stereocenters. The lowest BCUT2D eigenvalue weighted by Crippen LogP contribution is -2.49. The molecule has 8 nitrogen and oxygen atoms in total. The first kappa shape index (κ1) is 22.7. The molecule has 3 heterocycles. The minimum Gasteiger partial charge on any atom is -0.368 e. The van der Waals surface area contributed by atoms with Crippen LogP contribution < -0.4 is 10.5 Å². The summed E-state index contributed by atoms with van der Waals surface area (Å²) in [6, 6.07) is 15.3. The summed E-state index contributed by atoms with van der Waals surface area (Å²) in [5, 5.41) is 10.6. The Hall–Kier alpha value is -3.04. The first-order chi connectivity index (χ1) is 16.6. The minimum atomic E-state index is -0.0671. The number of piperazine rings is 1. The van der Waals surface area contributed by atoms with Crippen LogP contribution in [0.3, 0.4) is 0 Å². The third kappa shape index (κ3) is 4.25. The van der Waals surface area contributed by atoms with Gasteiger partial charge in [0.25, 0.3) is 5.56 Å². The Bertz CT molecular complexity index is 1410. The zero-order valence-electron chi connectivity index (χ0n) is 18.9. The van der Waals surface area contributed by atoms with Crippen LogP contribution in [0.5, 0.6) is 0 Å². The number of rotatable bonds is 6. The second kappa shape index (κ2) is 9.68. The van der Waals surface area contributed by atoms with Crippen molar-refractivity contribution in [2.75, 3.05) is 36.8 Å². The number of anilines is 1. The number of halogens is 1. The highest BCUT2D eigenvalue weighted by molar-refractivity contribution is 7.99. The van der Waals surface area contributed by atoms with Crippen molar-refractivity contribution in [1.82, 2.24) is 24.1 Å². The van der Waals surface area contributed by atoms with Gasteiger partial charge in [0, 0.05) is 43.4 Å². The first-order valence-corrected chi connectivity index (χ1v) is 12.7. The molecule has 4 aromatic rings. The number of thioether (sulfide) groups is 1. The summed E-state index contributed by atoms with van der Waals surface area (Å²) in [6.07, 6.45) is 0.808. The fourth-order valence-corrected chi connectivity index (χ4v) is 5.38. The van der Waals surface area contributed by atoms with Crippen LogP contribution >= 0.6 is 23.4 Å². The molecule has 0 saturated carbocycles. The number of aromatic nitrogens is 4. The fraction of sp³-hybridized carbons (Fsp3) is 0.333. The van der Waals surface area contributed by atoms with E-state index >= 15 is 0 Å². The Morgan fingerprint density at radius 1 is 1.06 bits per heavy atom. The molecule has 2 aromatic heterocycles. The molecule has 0 bridgehead atoms. The number of hydrogen-bond acceptors (Lipinski definition) is 6. The standard InChI is InChI=1S/C24H25ClN6O2S/c1-2-10-30-22(33)19-8-3-4-9-20(19)31-23(30)26-27-24(31)34-16-21(32)29-13-11-28(12-14-29)18-7-5-6-17(25)15-18/h3-9,15H,2,10-14,16H2,1H3. The number of aryl methyl sites for hydroxylation is 1. The number of benzene rings is 2. The maximum atomic E-state index is 13.0. The molecule has 0 N–H and O–H groups in total. The van der Waals surface area contributed by atoms with Gasteiger partial charge in [0.05, 0.1) is 16.7 Å². The predicted octanol–water partition coefficient (Wildman–Crippen LogP) is 3.55. The molecule has 1 fully saturated rings. The van der Waals surface area contributed by atoms with Gasteiger partial charge in [0.1, 0.15) is 0 Å². The molecule has 1 saturated heterocycles. The summed E-state index contributed by atoms with van der Waals surface area (Å²) in [6.45, 7) is 5.43. The second-order valence-electron chi connectivity index (χ2n) is 8.23. The average Bonchev–Trinajstić information content (AvgIpc) is 3.29. The molecule has 10 heteroatoms. The van der Waals surface area contributed by atoms with E-state index in [1.54, 1.807) is 4.57 Å². The smallest absolute Gasteiger partial charge is 0.262 e. The third-order valence-electron chi connectivity index (χ3n) is 6.06. The Labute approximate surface area is 206 Å². The van der Waals surface area contributed by atoms with Crippen molar-refractivity contribution in [2.45, 2.75) is 25.0 Å². The molecule has 5 rings (SSSR count). The van der Waals surface area contributed by atoms with Crippen molar-refractivity contribution in [3.63, 3.8) is 0 Å². The van der Waals surface area contributed by atoms with Crippen LogP contribution in [0.15, 0.2) is 58.5 Å². The summed E-state index contributed by atoms with van der Waals surface area (Å²) in [5.74, 6) is 0.841. The van der Waals surface area contributed by atoms with Crippen LogP contribution in [0.25, 0.3) is 16.7 Å². The molecule has 0 radical (unpaired) electrons. The van der Waals surface area contributed by atoms with Crippen molar-refractivity contribution < 1.29 is 4.79 Å². The molecule has 176 valence electrons. The quantitative estimate of drug-likeness (QED) is 0.380. The number of amides is 1. The summed E-state index contributed by atoms with van der Waals surface area (Å²) < 4.78 is 3.55.